The smallest absolute Gasteiger partial charge is 0.0184 e. The summed E-state index contributed by atoms with van der Waals surface area (Å²) in [6.07, 6.45) is 0. The summed E-state index contributed by atoms with van der Waals surface area (Å²) in [6.45, 7) is 12.9. The fourth-order valence-electron chi connectivity index (χ4n) is 2.03. The molecule has 2 nitrogen and oxygen atoms in total. The van der Waals surface area contributed by atoms with E-state index in [2.05, 4.69) is 37.7 Å². The minimum atomic E-state index is 0.823. The number of hydrogen-bond acceptors (Lipinski definition) is 2. The van der Waals surface area contributed by atoms with E-state index < -0.39 is 0 Å². The highest BCUT2D eigenvalue weighted by atomic mass is 15.1. The lowest BCUT2D eigenvalue weighted by Gasteiger charge is -2.22. The van der Waals surface area contributed by atoms with E-state index in [9.17, 15) is 0 Å². The minimum Gasteiger partial charge on any atom is -0.316 e. The van der Waals surface area contributed by atoms with Crippen LogP contribution in [0.3, 0.4) is 0 Å². The Hall–Kier alpha value is -0.340. The molecule has 0 aromatic heterocycles. The molecule has 2 unspecified atom stereocenters. The molecule has 2 atom stereocenters. The normalized spacial score (nSPS) is 28.3. The highest BCUT2D eigenvalue weighted by Gasteiger charge is 2.23. The van der Waals surface area contributed by atoms with Gasteiger partial charge < -0.3 is 10.2 Å². The molecule has 2 heteroatoms. The second kappa shape index (κ2) is 4.77. The molecule has 1 saturated heterocycles. The largest absolute Gasteiger partial charge is 0.316 e. The molecular weight excluding hydrogens is 160 g/mol. The predicted octanol–water partition coefficient (Wildman–Crippen LogP) is 1.35. The van der Waals surface area contributed by atoms with Crippen LogP contribution in [-0.2, 0) is 0 Å². The van der Waals surface area contributed by atoms with Crippen molar-refractivity contribution in [3.8, 4) is 0 Å². The molecule has 76 valence electrons. The summed E-state index contributed by atoms with van der Waals surface area (Å²) in [5.41, 5.74) is 1.25. The standard InChI is InChI=1S/C11H22N2/c1-9(2)7-13(4)8-11-6-12-5-10(11)3/h10-12H,1,5-8H2,2-4H3. The first-order chi connectivity index (χ1) is 6.09. The van der Waals surface area contributed by atoms with Gasteiger partial charge in [0.1, 0.15) is 0 Å². The van der Waals surface area contributed by atoms with E-state index in [-0.39, 0.29) is 0 Å². The molecule has 0 radical (unpaired) electrons. The molecule has 0 aromatic carbocycles. The zero-order valence-corrected chi connectivity index (χ0v) is 9.14. The average molecular weight is 182 g/mol. The van der Waals surface area contributed by atoms with Gasteiger partial charge in [-0.2, -0.15) is 0 Å². The van der Waals surface area contributed by atoms with Crippen LogP contribution in [0.25, 0.3) is 0 Å². The van der Waals surface area contributed by atoms with Crippen LogP contribution in [0.2, 0.25) is 0 Å². The van der Waals surface area contributed by atoms with E-state index in [0.717, 1.165) is 18.4 Å². The third-order valence-electron chi connectivity index (χ3n) is 2.76. The van der Waals surface area contributed by atoms with E-state index in [1.807, 2.05) is 0 Å². The van der Waals surface area contributed by atoms with Gasteiger partial charge in [-0.1, -0.05) is 19.1 Å². The molecule has 1 aliphatic heterocycles. The van der Waals surface area contributed by atoms with Crippen LogP contribution in [-0.4, -0.2) is 38.1 Å². The number of nitrogens with one attached hydrogen (secondary N) is 1. The van der Waals surface area contributed by atoms with Crippen LogP contribution in [0, 0.1) is 11.8 Å². The topological polar surface area (TPSA) is 15.3 Å². The molecule has 1 heterocycles. The number of nitrogens with zero attached hydrogens (tertiary/aromatic N) is 1. The quantitative estimate of drug-likeness (QED) is 0.660. The fraction of sp³-hybridized carbons (Fsp3) is 0.818. The van der Waals surface area contributed by atoms with Gasteiger partial charge in [-0.3, -0.25) is 0 Å². The molecule has 0 aromatic rings. The SMILES string of the molecule is C=C(C)CN(C)CC1CNCC1C. The minimum absolute atomic E-state index is 0.823. The van der Waals surface area contributed by atoms with Crippen molar-refractivity contribution >= 4 is 0 Å². The third-order valence-corrected chi connectivity index (χ3v) is 2.76. The predicted molar refractivity (Wildman–Crippen MR) is 57.8 cm³/mol. The Balaban J connectivity index is 2.26. The molecule has 0 saturated carbocycles. The summed E-state index contributed by atoms with van der Waals surface area (Å²) < 4.78 is 0. The van der Waals surface area contributed by atoms with Crippen LogP contribution in [0.1, 0.15) is 13.8 Å². The average Bonchev–Trinajstić information content (AvgIpc) is 2.34. The Labute approximate surface area is 82.0 Å². The fourth-order valence-corrected chi connectivity index (χ4v) is 2.03. The Morgan fingerprint density at radius 3 is 2.69 bits per heavy atom. The highest BCUT2D eigenvalue weighted by molar-refractivity contribution is 4.92. The first kappa shape index (κ1) is 10.7. The molecule has 0 spiro atoms. The molecule has 0 amide bonds. The van der Waals surface area contributed by atoms with Gasteiger partial charge >= 0.3 is 0 Å². The van der Waals surface area contributed by atoms with Crippen molar-refractivity contribution in [2.24, 2.45) is 11.8 Å². The van der Waals surface area contributed by atoms with Gasteiger partial charge in [0.15, 0.2) is 0 Å². The highest BCUT2D eigenvalue weighted by Crippen LogP contribution is 2.16. The monoisotopic (exact) mass is 182 g/mol. The summed E-state index contributed by atoms with van der Waals surface area (Å²) in [5, 5.41) is 3.43. The summed E-state index contributed by atoms with van der Waals surface area (Å²) >= 11 is 0. The van der Waals surface area contributed by atoms with Crippen molar-refractivity contribution in [2.45, 2.75) is 13.8 Å². The van der Waals surface area contributed by atoms with Crippen LogP contribution < -0.4 is 5.32 Å². The second-order valence-corrected chi connectivity index (χ2v) is 4.55. The van der Waals surface area contributed by atoms with Gasteiger partial charge in [-0.05, 0) is 38.9 Å². The van der Waals surface area contributed by atoms with Crippen molar-refractivity contribution in [3.63, 3.8) is 0 Å². The zero-order chi connectivity index (χ0) is 9.84. The van der Waals surface area contributed by atoms with E-state index in [1.54, 1.807) is 0 Å². The van der Waals surface area contributed by atoms with Crippen LogP contribution in [0.5, 0.6) is 0 Å². The summed E-state index contributed by atoms with van der Waals surface area (Å²) in [4.78, 5) is 2.37. The number of hydrogen-bond donors (Lipinski definition) is 1. The number of rotatable bonds is 4. The molecule has 0 aliphatic carbocycles. The maximum absolute atomic E-state index is 3.93. The van der Waals surface area contributed by atoms with Crippen LogP contribution in [0.15, 0.2) is 12.2 Å². The maximum atomic E-state index is 3.93. The Morgan fingerprint density at radius 1 is 1.54 bits per heavy atom. The van der Waals surface area contributed by atoms with Gasteiger partial charge in [-0.15, -0.1) is 0 Å². The second-order valence-electron chi connectivity index (χ2n) is 4.55. The molecule has 1 aliphatic rings. The zero-order valence-electron chi connectivity index (χ0n) is 9.14. The van der Waals surface area contributed by atoms with Crippen LogP contribution >= 0.6 is 0 Å². The van der Waals surface area contributed by atoms with Gasteiger partial charge in [0, 0.05) is 13.1 Å². The van der Waals surface area contributed by atoms with Gasteiger partial charge in [0.25, 0.3) is 0 Å². The molecule has 0 bridgehead atoms. The lowest BCUT2D eigenvalue weighted by Crippen LogP contribution is -2.30. The van der Waals surface area contributed by atoms with Gasteiger partial charge in [-0.25, -0.2) is 0 Å². The summed E-state index contributed by atoms with van der Waals surface area (Å²) in [5.74, 6) is 1.65. The lowest BCUT2D eigenvalue weighted by atomic mass is 9.98. The molecule has 13 heavy (non-hydrogen) atoms. The maximum Gasteiger partial charge on any atom is 0.0184 e. The third kappa shape index (κ3) is 3.49. The molecule has 1 rings (SSSR count). The summed E-state index contributed by atoms with van der Waals surface area (Å²) in [6, 6.07) is 0. The van der Waals surface area contributed by atoms with Gasteiger partial charge in [0.05, 0.1) is 0 Å². The number of likely N-dealkylation sites (N-methyl/N-ethyl adjacent to an activating group) is 1. The van der Waals surface area contributed by atoms with Crippen molar-refractivity contribution in [3.05, 3.63) is 12.2 Å². The van der Waals surface area contributed by atoms with Crippen molar-refractivity contribution in [1.82, 2.24) is 10.2 Å². The van der Waals surface area contributed by atoms with E-state index >= 15 is 0 Å². The van der Waals surface area contributed by atoms with E-state index in [0.29, 0.717) is 0 Å². The Kier molecular flexibility index (Phi) is 3.94. The van der Waals surface area contributed by atoms with E-state index in [4.69, 9.17) is 0 Å². The molecule has 1 N–H and O–H groups in total. The first-order valence-corrected chi connectivity index (χ1v) is 5.13. The first-order valence-electron chi connectivity index (χ1n) is 5.13. The van der Waals surface area contributed by atoms with Crippen molar-refractivity contribution in [2.75, 3.05) is 33.2 Å². The van der Waals surface area contributed by atoms with E-state index in [1.165, 1.54) is 25.2 Å². The Bertz CT molecular complexity index is 177. The van der Waals surface area contributed by atoms with Gasteiger partial charge in [0.2, 0.25) is 0 Å². The Morgan fingerprint density at radius 2 is 2.23 bits per heavy atom. The summed E-state index contributed by atoms with van der Waals surface area (Å²) in [7, 11) is 2.18. The lowest BCUT2D eigenvalue weighted by molar-refractivity contribution is 0.275. The van der Waals surface area contributed by atoms with Crippen molar-refractivity contribution < 1.29 is 0 Å². The molecule has 1 fully saturated rings. The van der Waals surface area contributed by atoms with Crippen LogP contribution in [0.4, 0.5) is 0 Å². The van der Waals surface area contributed by atoms with Crippen molar-refractivity contribution in [1.29, 1.82) is 0 Å². The molecular formula is C11H22N2.